The van der Waals surface area contributed by atoms with Crippen LogP contribution in [-0.4, -0.2) is 25.1 Å². The molecule has 130 valence electrons. The molecular formula is C18H18N2O3S2. The van der Waals surface area contributed by atoms with Gasteiger partial charge in [-0.3, -0.25) is 4.79 Å². The summed E-state index contributed by atoms with van der Waals surface area (Å²) in [5, 5.41) is 0. The lowest BCUT2D eigenvalue weighted by atomic mass is 10.1. The second kappa shape index (κ2) is 6.24. The first-order chi connectivity index (χ1) is 11.7. The van der Waals surface area contributed by atoms with Gasteiger partial charge in [-0.25, -0.2) is 8.42 Å². The first-order valence-corrected chi connectivity index (χ1v) is 10.3. The maximum atomic E-state index is 12.5. The molecule has 3 aromatic rings. The number of fused-ring (bicyclic) bond motifs is 1. The zero-order valence-electron chi connectivity index (χ0n) is 14.4. The van der Waals surface area contributed by atoms with Crippen molar-refractivity contribution in [3.8, 4) is 0 Å². The van der Waals surface area contributed by atoms with E-state index < -0.39 is 15.7 Å². The third kappa shape index (κ3) is 3.29. The fraction of sp³-hybridized carbons (Fsp3) is 0.222. The number of thiazole rings is 1. The summed E-state index contributed by atoms with van der Waals surface area (Å²) < 4.78 is 26.0. The Labute approximate surface area is 150 Å². The molecule has 1 aromatic heterocycles. The molecule has 25 heavy (non-hydrogen) atoms. The summed E-state index contributed by atoms with van der Waals surface area (Å²) in [4.78, 5) is 17.5. The zero-order valence-corrected chi connectivity index (χ0v) is 16.0. The summed E-state index contributed by atoms with van der Waals surface area (Å²) in [6, 6.07) is 9.95. The molecule has 0 aliphatic carbocycles. The summed E-state index contributed by atoms with van der Waals surface area (Å²) in [5.41, 5.74) is 3.71. The smallest absolute Gasteiger partial charge is 0.279 e. The summed E-state index contributed by atoms with van der Waals surface area (Å²) >= 11 is 1.47. The van der Waals surface area contributed by atoms with Crippen molar-refractivity contribution < 1.29 is 13.2 Å². The number of amides is 1. The van der Waals surface area contributed by atoms with E-state index in [0.717, 1.165) is 27.6 Å². The predicted octanol–water partition coefficient (Wildman–Crippen LogP) is 3.00. The standard InChI is InChI=1S/C18H18N2O3S2/c1-11-5-6-12(2)16-15(11)20(3)18(24-16)19-17(21)13-7-9-14(10-8-13)25(4,22)23/h5-10H,1-4H3. The van der Waals surface area contributed by atoms with E-state index >= 15 is 0 Å². The first kappa shape index (κ1) is 17.6. The van der Waals surface area contributed by atoms with Crippen molar-refractivity contribution in [2.24, 2.45) is 12.0 Å². The molecule has 0 bridgehead atoms. The van der Waals surface area contributed by atoms with Crippen LogP contribution in [0.4, 0.5) is 0 Å². The number of carbonyl (C=O) groups excluding carboxylic acids is 1. The Morgan fingerprint density at radius 1 is 1.04 bits per heavy atom. The van der Waals surface area contributed by atoms with Crippen LogP contribution in [0.2, 0.25) is 0 Å². The Bertz CT molecular complexity index is 1150. The van der Waals surface area contributed by atoms with Gasteiger partial charge in [-0.1, -0.05) is 23.5 Å². The van der Waals surface area contributed by atoms with Gasteiger partial charge in [-0.05, 0) is 49.2 Å². The zero-order chi connectivity index (χ0) is 18.4. The van der Waals surface area contributed by atoms with Crippen LogP contribution < -0.4 is 4.80 Å². The molecule has 1 amide bonds. The van der Waals surface area contributed by atoms with Crippen LogP contribution in [0.5, 0.6) is 0 Å². The number of nitrogens with zero attached hydrogens (tertiary/aromatic N) is 2. The maximum Gasteiger partial charge on any atom is 0.279 e. The molecule has 0 atom stereocenters. The number of sulfone groups is 1. The fourth-order valence-electron chi connectivity index (χ4n) is 2.67. The van der Waals surface area contributed by atoms with Gasteiger partial charge in [0.2, 0.25) is 0 Å². The van der Waals surface area contributed by atoms with Crippen molar-refractivity contribution in [1.82, 2.24) is 4.57 Å². The lowest BCUT2D eigenvalue weighted by Gasteiger charge is -2.02. The number of hydrogen-bond acceptors (Lipinski definition) is 4. The molecule has 0 unspecified atom stereocenters. The highest BCUT2D eigenvalue weighted by Crippen LogP contribution is 2.24. The monoisotopic (exact) mass is 374 g/mol. The second-order valence-electron chi connectivity index (χ2n) is 6.03. The van der Waals surface area contributed by atoms with Gasteiger partial charge in [0, 0.05) is 18.9 Å². The van der Waals surface area contributed by atoms with Crippen molar-refractivity contribution in [3.05, 3.63) is 57.9 Å². The average molecular weight is 374 g/mol. The minimum absolute atomic E-state index is 0.183. The first-order valence-electron chi connectivity index (χ1n) is 7.63. The lowest BCUT2D eigenvalue weighted by molar-refractivity contribution is 0.0998. The lowest BCUT2D eigenvalue weighted by Crippen LogP contribution is -2.13. The minimum atomic E-state index is -3.28. The quantitative estimate of drug-likeness (QED) is 0.692. The largest absolute Gasteiger partial charge is 0.319 e. The number of hydrogen-bond donors (Lipinski definition) is 0. The summed E-state index contributed by atoms with van der Waals surface area (Å²) in [6.45, 7) is 4.07. The Kier molecular flexibility index (Phi) is 4.38. The molecule has 0 fully saturated rings. The van der Waals surface area contributed by atoms with E-state index in [1.165, 1.54) is 35.6 Å². The Morgan fingerprint density at radius 2 is 1.64 bits per heavy atom. The van der Waals surface area contributed by atoms with Gasteiger partial charge < -0.3 is 4.57 Å². The molecular weight excluding hydrogens is 356 g/mol. The van der Waals surface area contributed by atoms with E-state index in [4.69, 9.17) is 0 Å². The van der Waals surface area contributed by atoms with Crippen molar-refractivity contribution in [1.29, 1.82) is 0 Å². The van der Waals surface area contributed by atoms with Crippen molar-refractivity contribution >= 4 is 37.3 Å². The third-order valence-corrected chi connectivity index (χ3v) is 6.47. The van der Waals surface area contributed by atoms with E-state index in [2.05, 4.69) is 17.1 Å². The number of carbonyl (C=O) groups is 1. The molecule has 2 aromatic carbocycles. The van der Waals surface area contributed by atoms with E-state index in [-0.39, 0.29) is 4.90 Å². The summed E-state index contributed by atoms with van der Waals surface area (Å²) in [5.74, 6) is -0.391. The number of aryl methyl sites for hydroxylation is 3. The maximum absolute atomic E-state index is 12.5. The van der Waals surface area contributed by atoms with Crippen molar-refractivity contribution in [3.63, 3.8) is 0 Å². The minimum Gasteiger partial charge on any atom is -0.319 e. The summed E-state index contributed by atoms with van der Waals surface area (Å²) in [6.07, 6.45) is 1.13. The molecule has 7 heteroatoms. The molecule has 5 nitrogen and oxygen atoms in total. The van der Waals surface area contributed by atoms with Crippen LogP contribution in [-0.2, 0) is 16.9 Å². The Morgan fingerprint density at radius 3 is 2.20 bits per heavy atom. The highest BCUT2D eigenvalue weighted by molar-refractivity contribution is 7.90. The molecule has 0 saturated heterocycles. The molecule has 1 heterocycles. The molecule has 0 saturated carbocycles. The number of benzene rings is 2. The SMILES string of the molecule is Cc1ccc(C)c2c1sc(=NC(=O)c1ccc(S(C)(=O)=O)cc1)n2C. The summed E-state index contributed by atoms with van der Waals surface area (Å²) in [7, 11) is -1.39. The molecule has 0 aliphatic heterocycles. The molecule has 0 radical (unpaired) electrons. The number of rotatable bonds is 2. The van der Waals surface area contributed by atoms with E-state index in [1.807, 2.05) is 25.5 Å². The van der Waals surface area contributed by atoms with Gasteiger partial charge in [0.15, 0.2) is 14.6 Å². The highest BCUT2D eigenvalue weighted by Gasteiger charge is 2.12. The van der Waals surface area contributed by atoms with Crippen molar-refractivity contribution in [2.75, 3.05) is 6.26 Å². The fourth-order valence-corrected chi connectivity index (χ4v) is 4.46. The predicted molar refractivity (Wildman–Crippen MR) is 99.7 cm³/mol. The van der Waals surface area contributed by atoms with Crippen LogP contribution in [0.1, 0.15) is 21.5 Å². The van der Waals surface area contributed by atoms with Crippen molar-refractivity contribution in [2.45, 2.75) is 18.7 Å². The van der Waals surface area contributed by atoms with Crippen LogP contribution in [0.15, 0.2) is 46.3 Å². The molecule has 3 rings (SSSR count). The van der Waals surface area contributed by atoms with Crippen LogP contribution in [0, 0.1) is 13.8 Å². The second-order valence-corrected chi connectivity index (χ2v) is 9.03. The molecule has 0 N–H and O–H groups in total. The third-order valence-electron chi connectivity index (χ3n) is 4.07. The molecule has 0 aliphatic rings. The van der Waals surface area contributed by atoms with Gasteiger partial charge in [0.25, 0.3) is 5.91 Å². The van der Waals surface area contributed by atoms with E-state index in [0.29, 0.717) is 10.4 Å². The van der Waals surface area contributed by atoms with Gasteiger partial charge in [0.1, 0.15) is 0 Å². The molecule has 0 spiro atoms. The van der Waals surface area contributed by atoms with Crippen LogP contribution in [0.3, 0.4) is 0 Å². The van der Waals surface area contributed by atoms with Gasteiger partial charge in [0.05, 0.1) is 15.1 Å². The van der Waals surface area contributed by atoms with Crippen LogP contribution >= 0.6 is 11.3 Å². The van der Waals surface area contributed by atoms with E-state index in [1.54, 1.807) is 0 Å². The Hall–Kier alpha value is -2.25. The van der Waals surface area contributed by atoms with Crippen LogP contribution in [0.25, 0.3) is 10.2 Å². The topological polar surface area (TPSA) is 68.5 Å². The Balaban J connectivity index is 2.08. The van der Waals surface area contributed by atoms with Gasteiger partial charge in [-0.2, -0.15) is 4.99 Å². The normalized spacial score (nSPS) is 12.7. The average Bonchev–Trinajstić information content (AvgIpc) is 2.88. The number of aromatic nitrogens is 1. The van der Waals surface area contributed by atoms with E-state index in [9.17, 15) is 13.2 Å². The van der Waals surface area contributed by atoms with Gasteiger partial charge in [-0.15, -0.1) is 0 Å². The van der Waals surface area contributed by atoms with Gasteiger partial charge >= 0.3 is 0 Å². The highest BCUT2D eigenvalue weighted by atomic mass is 32.2.